The summed E-state index contributed by atoms with van der Waals surface area (Å²) in [6.45, 7) is 21.9. The van der Waals surface area contributed by atoms with Gasteiger partial charge in [0.25, 0.3) is 0 Å². The molecule has 0 aromatic rings. The molecule has 160 valence electrons. The van der Waals surface area contributed by atoms with E-state index < -0.39 is 8.32 Å². The number of rotatable bonds is 10. The van der Waals surface area contributed by atoms with Crippen LogP contribution in [0.3, 0.4) is 0 Å². The van der Waals surface area contributed by atoms with Crippen molar-refractivity contribution in [2.75, 3.05) is 26.7 Å². The van der Waals surface area contributed by atoms with Gasteiger partial charge in [0.1, 0.15) is 5.71 Å². The Labute approximate surface area is 173 Å². The van der Waals surface area contributed by atoms with Crippen LogP contribution in [0.5, 0.6) is 0 Å². The predicted molar refractivity (Wildman–Crippen MR) is 123 cm³/mol. The summed E-state index contributed by atoms with van der Waals surface area (Å²) in [5.74, 6) is 0.548. The molecule has 0 radical (unpaired) electrons. The molecule has 0 bridgehead atoms. The molecule has 0 aromatic heterocycles. The second-order valence-corrected chi connectivity index (χ2v) is 14.3. The molecule has 0 amide bonds. The molecule has 0 aromatic carbocycles. The normalized spacial score (nSPS) is 18.4. The van der Waals surface area contributed by atoms with Crippen LogP contribution in [0, 0.1) is 11.3 Å². The standard InChI is InChI=1S/C22H41N3O2Si/c1-10-11-12-13-19(17(2)3)24-20(21(23)26-7)16-25-14-18(15-25)27-28(8,9)22(4,5)6/h10-12,17-19,23H,1,13-16H2,2-9H3/b12-11-,23-21?,24-20-/t19-/m0/s1. The molecule has 1 N–H and O–H groups in total. The summed E-state index contributed by atoms with van der Waals surface area (Å²) in [6, 6.07) is 0.127. The van der Waals surface area contributed by atoms with E-state index in [0.717, 1.165) is 25.2 Å². The Morgan fingerprint density at radius 1 is 1.32 bits per heavy atom. The Hall–Kier alpha value is -1.24. The summed E-state index contributed by atoms with van der Waals surface area (Å²) in [5.41, 5.74) is 0.721. The summed E-state index contributed by atoms with van der Waals surface area (Å²) < 4.78 is 11.7. The highest BCUT2D eigenvalue weighted by Gasteiger charge is 2.42. The molecule has 1 atom stereocenters. The number of hydrogen-bond acceptors (Lipinski definition) is 5. The van der Waals surface area contributed by atoms with Gasteiger partial charge in [0.2, 0.25) is 5.90 Å². The zero-order chi connectivity index (χ0) is 21.5. The molecule has 1 aliphatic rings. The zero-order valence-corrected chi connectivity index (χ0v) is 20.2. The lowest BCUT2D eigenvalue weighted by Gasteiger charge is -2.46. The maximum atomic E-state index is 8.17. The topological polar surface area (TPSA) is 57.9 Å². The number of methoxy groups -OCH3 is 1. The van der Waals surface area contributed by atoms with E-state index in [4.69, 9.17) is 19.6 Å². The molecule has 28 heavy (non-hydrogen) atoms. The van der Waals surface area contributed by atoms with E-state index in [-0.39, 0.29) is 23.1 Å². The van der Waals surface area contributed by atoms with Crippen LogP contribution in [0.25, 0.3) is 0 Å². The molecular weight excluding hydrogens is 366 g/mol. The lowest BCUT2D eigenvalue weighted by atomic mass is 10.0. The number of aliphatic imine (C=N–C) groups is 1. The molecule has 0 aliphatic carbocycles. The second kappa shape index (κ2) is 10.5. The fourth-order valence-electron chi connectivity index (χ4n) is 2.81. The van der Waals surface area contributed by atoms with E-state index >= 15 is 0 Å². The van der Waals surface area contributed by atoms with Crippen molar-refractivity contribution >= 4 is 19.9 Å². The Kier molecular flexibility index (Phi) is 9.31. The van der Waals surface area contributed by atoms with Crippen molar-refractivity contribution < 1.29 is 9.16 Å². The van der Waals surface area contributed by atoms with Crippen LogP contribution < -0.4 is 0 Å². The summed E-state index contributed by atoms with van der Waals surface area (Å²) in [4.78, 5) is 7.18. The largest absolute Gasteiger partial charge is 0.480 e. The van der Waals surface area contributed by atoms with Crippen molar-refractivity contribution in [2.24, 2.45) is 10.9 Å². The van der Waals surface area contributed by atoms with Crippen molar-refractivity contribution in [2.45, 2.75) is 71.3 Å². The molecule has 0 unspecified atom stereocenters. The Balaban J connectivity index is 2.75. The highest BCUT2D eigenvalue weighted by molar-refractivity contribution is 6.74. The third-order valence-corrected chi connectivity index (χ3v) is 10.3. The second-order valence-electron chi connectivity index (χ2n) is 9.51. The van der Waals surface area contributed by atoms with Crippen molar-refractivity contribution in [3.63, 3.8) is 0 Å². The number of ether oxygens (including phenoxy) is 1. The van der Waals surface area contributed by atoms with E-state index in [2.05, 4.69) is 65.3 Å². The molecule has 1 rings (SSSR count). The first-order valence-corrected chi connectivity index (χ1v) is 13.2. The van der Waals surface area contributed by atoms with Crippen LogP contribution in [0.2, 0.25) is 18.1 Å². The van der Waals surface area contributed by atoms with Crippen LogP contribution in [0.4, 0.5) is 0 Å². The van der Waals surface area contributed by atoms with Gasteiger partial charge in [0.15, 0.2) is 8.32 Å². The maximum absolute atomic E-state index is 8.17. The number of likely N-dealkylation sites (tertiary alicyclic amines) is 1. The average molecular weight is 408 g/mol. The number of nitrogens with one attached hydrogen (secondary N) is 1. The molecular formula is C22H41N3O2Si. The zero-order valence-electron chi connectivity index (χ0n) is 19.2. The minimum atomic E-state index is -1.74. The predicted octanol–water partition coefficient (Wildman–Crippen LogP) is 4.91. The van der Waals surface area contributed by atoms with E-state index in [9.17, 15) is 0 Å². The monoisotopic (exact) mass is 407 g/mol. The van der Waals surface area contributed by atoms with Gasteiger partial charge in [0, 0.05) is 19.6 Å². The highest BCUT2D eigenvalue weighted by atomic mass is 28.4. The molecule has 1 heterocycles. The third-order valence-electron chi connectivity index (χ3n) is 5.77. The fourth-order valence-corrected chi connectivity index (χ4v) is 4.14. The number of hydrogen-bond donors (Lipinski definition) is 1. The maximum Gasteiger partial charge on any atom is 0.228 e. The summed E-state index contributed by atoms with van der Waals surface area (Å²) >= 11 is 0. The average Bonchev–Trinajstić information content (AvgIpc) is 2.55. The van der Waals surface area contributed by atoms with Gasteiger partial charge in [-0.3, -0.25) is 15.3 Å². The molecule has 1 aliphatic heterocycles. The van der Waals surface area contributed by atoms with Crippen molar-refractivity contribution in [3.8, 4) is 0 Å². The summed E-state index contributed by atoms with van der Waals surface area (Å²) in [6.07, 6.45) is 6.94. The number of allylic oxidation sites excluding steroid dienone is 2. The van der Waals surface area contributed by atoms with Gasteiger partial charge < -0.3 is 9.16 Å². The van der Waals surface area contributed by atoms with Crippen LogP contribution in [0.1, 0.15) is 41.0 Å². The van der Waals surface area contributed by atoms with E-state index in [0.29, 0.717) is 12.5 Å². The molecule has 1 fully saturated rings. The van der Waals surface area contributed by atoms with Gasteiger partial charge in [-0.15, -0.1) is 0 Å². The van der Waals surface area contributed by atoms with Gasteiger partial charge >= 0.3 is 0 Å². The van der Waals surface area contributed by atoms with E-state index in [1.54, 1.807) is 13.2 Å². The first kappa shape index (κ1) is 24.8. The number of nitrogens with zero attached hydrogens (tertiary/aromatic N) is 2. The lowest BCUT2D eigenvalue weighted by Crippen LogP contribution is -2.59. The van der Waals surface area contributed by atoms with Gasteiger partial charge in [-0.05, 0) is 30.5 Å². The Morgan fingerprint density at radius 2 is 1.93 bits per heavy atom. The minimum Gasteiger partial charge on any atom is -0.480 e. The molecule has 0 saturated carbocycles. The molecule has 0 spiro atoms. The SMILES string of the molecule is C=C/C=C\C[C@H](/N=C(/CN1CC(O[Si](C)(C)C(C)(C)C)C1)C(=N)OC)C(C)C. The molecule has 5 nitrogen and oxygen atoms in total. The van der Waals surface area contributed by atoms with Crippen LogP contribution >= 0.6 is 0 Å². The Bertz CT molecular complexity index is 585. The van der Waals surface area contributed by atoms with Crippen LogP contribution in [-0.4, -0.2) is 63.7 Å². The first-order chi connectivity index (χ1) is 12.9. The summed E-state index contributed by atoms with van der Waals surface area (Å²) in [7, 11) is -0.194. The van der Waals surface area contributed by atoms with E-state index in [1.807, 2.05) is 6.08 Å². The first-order valence-electron chi connectivity index (χ1n) is 10.3. The van der Waals surface area contributed by atoms with Crippen molar-refractivity contribution in [1.29, 1.82) is 5.41 Å². The van der Waals surface area contributed by atoms with Crippen molar-refractivity contribution in [1.82, 2.24) is 4.90 Å². The molecule has 1 saturated heterocycles. The third kappa shape index (κ3) is 7.30. The highest BCUT2D eigenvalue weighted by Crippen LogP contribution is 2.38. The molecule has 6 heteroatoms. The Morgan fingerprint density at radius 3 is 2.39 bits per heavy atom. The van der Waals surface area contributed by atoms with E-state index in [1.165, 1.54) is 0 Å². The minimum absolute atomic E-state index is 0.127. The van der Waals surface area contributed by atoms with Crippen LogP contribution in [-0.2, 0) is 9.16 Å². The van der Waals surface area contributed by atoms with Crippen molar-refractivity contribution in [3.05, 3.63) is 24.8 Å². The smallest absolute Gasteiger partial charge is 0.228 e. The van der Waals surface area contributed by atoms with Gasteiger partial charge in [-0.1, -0.05) is 59.4 Å². The quantitative estimate of drug-likeness (QED) is 0.242. The van der Waals surface area contributed by atoms with Gasteiger partial charge in [-0.25, -0.2) is 0 Å². The van der Waals surface area contributed by atoms with Gasteiger partial charge in [-0.2, -0.15) is 0 Å². The summed E-state index contributed by atoms with van der Waals surface area (Å²) in [5, 5.41) is 8.40. The van der Waals surface area contributed by atoms with Crippen LogP contribution in [0.15, 0.2) is 29.8 Å². The van der Waals surface area contributed by atoms with Gasteiger partial charge in [0.05, 0.1) is 19.3 Å². The lowest BCUT2D eigenvalue weighted by molar-refractivity contribution is 0.0212. The fraction of sp³-hybridized carbons (Fsp3) is 0.727.